The first-order valence-corrected chi connectivity index (χ1v) is 10.6. The van der Waals surface area contributed by atoms with Crippen molar-refractivity contribution in [1.82, 2.24) is 15.5 Å². The molecule has 3 rings (SSSR count). The van der Waals surface area contributed by atoms with Gasteiger partial charge in [0.15, 0.2) is 5.96 Å². The van der Waals surface area contributed by atoms with E-state index >= 15 is 0 Å². The standard InChI is InChI=1S/C24H32N4O3/c1-28(2)23(29)16-27-24(25-14-18-10-12-21(30-3)13-11-18)26-15-20-6-4-5-7-22(20)31-17-19-8-9-19/h4-7,10-13,19H,8-9,14-17H2,1-3H3,(H2,25,26,27). The third kappa shape index (κ3) is 7.51. The highest BCUT2D eigenvalue weighted by Gasteiger charge is 2.22. The van der Waals surface area contributed by atoms with Crippen molar-refractivity contribution in [3.63, 3.8) is 0 Å². The molecule has 166 valence electrons. The second-order valence-corrected chi connectivity index (χ2v) is 7.87. The highest BCUT2D eigenvalue weighted by Crippen LogP contribution is 2.30. The number of nitrogens with zero attached hydrogens (tertiary/aromatic N) is 2. The highest BCUT2D eigenvalue weighted by molar-refractivity contribution is 5.86. The fraction of sp³-hybridized carbons (Fsp3) is 0.417. The van der Waals surface area contributed by atoms with Crippen molar-refractivity contribution in [2.24, 2.45) is 10.9 Å². The van der Waals surface area contributed by atoms with Crippen LogP contribution < -0.4 is 20.1 Å². The number of carbonyl (C=O) groups excluding carboxylic acids is 1. The molecule has 1 saturated carbocycles. The van der Waals surface area contributed by atoms with E-state index in [0.717, 1.165) is 29.2 Å². The Kier molecular flexibility index (Phi) is 8.15. The van der Waals surface area contributed by atoms with Gasteiger partial charge in [-0.3, -0.25) is 4.79 Å². The smallest absolute Gasteiger partial charge is 0.241 e. The number of guanidine groups is 1. The SMILES string of the molecule is COc1ccc(CN=C(NCC(=O)N(C)C)NCc2ccccc2OCC2CC2)cc1. The van der Waals surface area contributed by atoms with E-state index in [2.05, 4.69) is 15.6 Å². The van der Waals surface area contributed by atoms with Gasteiger partial charge < -0.3 is 25.0 Å². The van der Waals surface area contributed by atoms with Gasteiger partial charge in [0.05, 0.1) is 26.8 Å². The van der Waals surface area contributed by atoms with Crippen LogP contribution in [0.15, 0.2) is 53.5 Å². The number of amides is 1. The summed E-state index contributed by atoms with van der Waals surface area (Å²) in [4.78, 5) is 18.2. The summed E-state index contributed by atoms with van der Waals surface area (Å²) in [6.45, 7) is 1.97. The Balaban J connectivity index is 1.64. The molecule has 1 aliphatic carbocycles. The number of methoxy groups -OCH3 is 1. The van der Waals surface area contributed by atoms with Gasteiger partial charge in [-0.05, 0) is 42.5 Å². The van der Waals surface area contributed by atoms with Crippen LogP contribution in [0.5, 0.6) is 11.5 Å². The third-order valence-corrected chi connectivity index (χ3v) is 5.08. The predicted molar refractivity (Wildman–Crippen MR) is 122 cm³/mol. The number of aliphatic imine (C=N–C) groups is 1. The number of para-hydroxylation sites is 1. The lowest BCUT2D eigenvalue weighted by atomic mass is 10.2. The van der Waals surface area contributed by atoms with E-state index in [4.69, 9.17) is 9.47 Å². The van der Waals surface area contributed by atoms with Crippen LogP contribution in [0.1, 0.15) is 24.0 Å². The number of benzene rings is 2. The maximum Gasteiger partial charge on any atom is 0.241 e. The molecule has 0 spiro atoms. The summed E-state index contributed by atoms with van der Waals surface area (Å²) in [7, 11) is 5.12. The Morgan fingerprint density at radius 2 is 1.84 bits per heavy atom. The lowest BCUT2D eigenvalue weighted by molar-refractivity contribution is -0.127. The normalized spacial score (nSPS) is 13.5. The maximum atomic E-state index is 12.0. The summed E-state index contributed by atoms with van der Waals surface area (Å²) in [5, 5.41) is 6.46. The van der Waals surface area contributed by atoms with Gasteiger partial charge in [-0.25, -0.2) is 4.99 Å². The van der Waals surface area contributed by atoms with Crippen molar-refractivity contribution >= 4 is 11.9 Å². The Labute approximate surface area is 184 Å². The van der Waals surface area contributed by atoms with Crippen LogP contribution in [0.4, 0.5) is 0 Å². The van der Waals surface area contributed by atoms with Crippen molar-refractivity contribution in [3.8, 4) is 11.5 Å². The van der Waals surface area contributed by atoms with Gasteiger partial charge >= 0.3 is 0 Å². The zero-order chi connectivity index (χ0) is 22.1. The van der Waals surface area contributed by atoms with E-state index in [1.165, 1.54) is 12.8 Å². The first-order valence-electron chi connectivity index (χ1n) is 10.6. The number of ether oxygens (including phenoxy) is 2. The summed E-state index contributed by atoms with van der Waals surface area (Å²) in [5.74, 6) is 2.95. The lowest BCUT2D eigenvalue weighted by Crippen LogP contribution is -2.42. The van der Waals surface area contributed by atoms with Crippen molar-refractivity contribution in [2.75, 3.05) is 34.4 Å². The number of rotatable bonds is 10. The molecule has 1 fully saturated rings. The minimum absolute atomic E-state index is 0.0212. The minimum atomic E-state index is -0.0212. The molecular formula is C24H32N4O3. The zero-order valence-corrected chi connectivity index (χ0v) is 18.6. The second-order valence-electron chi connectivity index (χ2n) is 7.87. The molecule has 1 aliphatic rings. The largest absolute Gasteiger partial charge is 0.497 e. The highest BCUT2D eigenvalue weighted by atomic mass is 16.5. The zero-order valence-electron chi connectivity index (χ0n) is 18.6. The average Bonchev–Trinajstić information content (AvgIpc) is 3.62. The maximum absolute atomic E-state index is 12.0. The van der Waals surface area contributed by atoms with E-state index < -0.39 is 0 Å². The van der Waals surface area contributed by atoms with Crippen LogP contribution >= 0.6 is 0 Å². The topological polar surface area (TPSA) is 75.2 Å². The molecule has 0 radical (unpaired) electrons. The summed E-state index contributed by atoms with van der Waals surface area (Å²) in [5.41, 5.74) is 2.11. The molecule has 0 bridgehead atoms. The Hall–Kier alpha value is -3.22. The van der Waals surface area contributed by atoms with Gasteiger partial charge in [0, 0.05) is 26.2 Å². The molecule has 0 aromatic heterocycles. The number of carbonyl (C=O) groups is 1. The molecule has 0 aliphatic heterocycles. The summed E-state index contributed by atoms with van der Waals surface area (Å²) in [6.07, 6.45) is 2.51. The molecule has 2 aromatic carbocycles. The average molecular weight is 425 g/mol. The Bertz CT molecular complexity index is 877. The monoisotopic (exact) mass is 424 g/mol. The molecule has 2 N–H and O–H groups in total. The lowest BCUT2D eigenvalue weighted by Gasteiger charge is -2.16. The summed E-state index contributed by atoms with van der Waals surface area (Å²) < 4.78 is 11.2. The molecule has 1 amide bonds. The van der Waals surface area contributed by atoms with E-state index in [-0.39, 0.29) is 12.5 Å². The van der Waals surface area contributed by atoms with Crippen LogP contribution in [-0.2, 0) is 17.9 Å². The van der Waals surface area contributed by atoms with Crippen molar-refractivity contribution < 1.29 is 14.3 Å². The molecule has 0 heterocycles. The van der Waals surface area contributed by atoms with Crippen LogP contribution in [0.3, 0.4) is 0 Å². The van der Waals surface area contributed by atoms with E-state index in [1.54, 1.807) is 26.1 Å². The van der Waals surface area contributed by atoms with Crippen LogP contribution in [-0.4, -0.2) is 51.1 Å². The number of hydrogen-bond acceptors (Lipinski definition) is 4. The van der Waals surface area contributed by atoms with Gasteiger partial charge in [-0.15, -0.1) is 0 Å². The number of nitrogens with one attached hydrogen (secondary N) is 2. The van der Waals surface area contributed by atoms with E-state index in [1.807, 2.05) is 48.5 Å². The molecular weight excluding hydrogens is 392 g/mol. The van der Waals surface area contributed by atoms with Gasteiger partial charge in [-0.2, -0.15) is 0 Å². The first-order chi connectivity index (χ1) is 15.0. The fourth-order valence-electron chi connectivity index (χ4n) is 2.85. The summed E-state index contributed by atoms with van der Waals surface area (Å²) >= 11 is 0. The van der Waals surface area contributed by atoms with Gasteiger partial charge in [0.1, 0.15) is 11.5 Å². The number of hydrogen-bond donors (Lipinski definition) is 2. The van der Waals surface area contributed by atoms with Gasteiger partial charge in [-0.1, -0.05) is 30.3 Å². The van der Waals surface area contributed by atoms with Crippen molar-refractivity contribution in [3.05, 3.63) is 59.7 Å². The van der Waals surface area contributed by atoms with E-state index in [0.29, 0.717) is 25.0 Å². The molecule has 0 unspecified atom stereocenters. The summed E-state index contributed by atoms with van der Waals surface area (Å²) in [6, 6.07) is 15.8. The molecule has 0 atom stereocenters. The molecule has 0 saturated heterocycles. The molecule has 2 aromatic rings. The van der Waals surface area contributed by atoms with Crippen molar-refractivity contribution in [2.45, 2.75) is 25.9 Å². The Morgan fingerprint density at radius 1 is 1.10 bits per heavy atom. The van der Waals surface area contributed by atoms with Crippen LogP contribution in [0.25, 0.3) is 0 Å². The fourth-order valence-corrected chi connectivity index (χ4v) is 2.85. The van der Waals surface area contributed by atoms with Gasteiger partial charge in [0.25, 0.3) is 0 Å². The predicted octanol–water partition coefficient (Wildman–Crippen LogP) is 2.81. The van der Waals surface area contributed by atoms with Gasteiger partial charge in [0.2, 0.25) is 5.91 Å². The van der Waals surface area contributed by atoms with E-state index in [9.17, 15) is 4.79 Å². The Morgan fingerprint density at radius 3 is 2.52 bits per heavy atom. The first kappa shape index (κ1) is 22.5. The molecule has 31 heavy (non-hydrogen) atoms. The quantitative estimate of drug-likeness (QED) is 0.453. The van der Waals surface area contributed by atoms with Crippen LogP contribution in [0, 0.1) is 5.92 Å². The molecule has 7 nitrogen and oxygen atoms in total. The third-order valence-electron chi connectivity index (χ3n) is 5.08. The van der Waals surface area contributed by atoms with Crippen LogP contribution in [0.2, 0.25) is 0 Å². The number of likely N-dealkylation sites (N-methyl/N-ethyl adjacent to an activating group) is 1. The van der Waals surface area contributed by atoms with Crippen molar-refractivity contribution in [1.29, 1.82) is 0 Å². The second kappa shape index (κ2) is 11.2. The molecule has 7 heteroatoms. The minimum Gasteiger partial charge on any atom is -0.497 e.